The number of nitrogens with one attached hydrogen (secondary N) is 1. The van der Waals surface area contributed by atoms with Gasteiger partial charge >= 0.3 is 0 Å². The van der Waals surface area contributed by atoms with E-state index < -0.39 is 11.9 Å². The van der Waals surface area contributed by atoms with E-state index in [9.17, 15) is 19.2 Å². The number of carbonyl (C=O) groups excluding carboxylic acids is 4. The van der Waals surface area contributed by atoms with E-state index in [1.165, 1.54) is 18.4 Å². The highest BCUT2D eigenvalue weighted by Crippen LogP contribution is 2.38. The van der Waals surface area contributed by atoms with Gasteiger partial charge in [-0.3, -0.25) is 24.1 Å². The Morgan fingerprint density at radius 2 is 1.80 bits per heavy atom. The van der Waals surface area contributed by atoms with E-state index in [2.05, 4.69) is 32.4 Å². The number of likely N-dealkylation sites (tertiary alicyclic amines) is 1. The molecule has 6 rings (SSSR count). The van der Waals surface area contributed by atoms with Gasteiger partial charge in [0.1, 0.15) is 11.8 Å². The Bertz CT molecular complexity index is 1630. The number of nitrogens with zero attached hydrogens (tertiary/aromatic N) is 6. The Morgan fingerprint density at radius 3 is 2.61 bits per heavy atom. The quantitative estimate of drug-likeness (QED) is 0.232. The minimum absolute atomic E-state index is 0.213. The first-order valence-electron chi connectivity index (χ1n) is 14.5. The molecule has 12 nitrogen and oxygen atoms in total. The Labute approximate surface area is 258 Å². The second-order valence-electron chi connectivity index (χ2n) is 11.0. The van der Waals surface area contributed by atoms with Gasteiger partial charge < -0.3 is 19.4 Å². The summed E-state index contributed by atoms with van der Waals surface area (Å²) < 4.78 is 5.92. The van der Waals surface area contributed by atoms with E-state index >= 15 is 0 Å². The summed E-state index contributed by atoms with van der Waals surface area (Å²) in [6.07, 6.45) is 3.83. The molecule has 1 unspecified atom stereocenters. The molecule has 2 fully saturated rings. The number of ether oxygens (including phenoxy) is 1. The molecular weight excluding hydrogens is 582 g/mol. The Morgan fingerprint density at radius 1 is 1.05 bits per heavy atom. The number of para-hydroxylation sites is 1. The lowest BCUT2D eigenvalue weighted by Crippen LogP contribution is -2.53. The van der Waals surface area contributed by atoms with Crippen LogP contribution in [0, 0.1) is 0 Å². The summed E-state index contributed by atoms with van der Waals surface area (Å²) in [5, 5.41) is 5.01. The first kappa shape index (κ1) is 29.5. The zero-order valence-electron chi connectivity index (χ0n) is 24.6. The van der Waals surface area contributed by atoms with Crippen LogP contribution in [0.2, 0.25) is 0 Å². The topological polar surface area (TPSA) is 128 Å². The van der Waals surface area contributed by atoms with Crippen LogP contribution in [0.1, 0.15) is 33.6 Å². The summed E-state index contributed by atoms with van der Waals surface area (Å²) in [5.41, 5.74) is 5.29. The third-order valence-electron chi connectivity index (χ3n) is 8.20. The van der Waals surface area contributed by atoms with E-state index in [0.717, 1.165) is 57.8 Å². The molecule has 228 valence electrons. The van der Waals surface area contributed by atoms with Gasteiger partial charge in [0.2, 0.25) is 5.91 Å². The zero-order valence-corrected chi connectivity index (χ0v) is 25.4. The number of hydrazone groups is 1. The number of piperidine rings is 1. The fourth-order valence-electron chi connectivity index (χ4n) is 5.68. The molecule has 13 heteroatoms. The van der Waals surface area contributed by atoms with Crippen LogP contribution < -0.4 is 15.1 Å². The highest BCUT2D eigenvalue weighted by atomic mass is 32.1. The number of rotatable bonds is 8. The monoisotopic (exact) mass is 615 g/mol. The van der Waals surface area contributed by atoms with Gasteiger partial charge in [0.05, 0.1) is 11.1 Å². The van der Waals surface area contributed by atoms with Gasteiger partial charge in [-0.05, 0) is 36.7 Å². The summed E-state index contributed by atoms with van der Waals surface area (Å²) in [7, 11) is 3.56. The Balaban J connectivity index is 1.10. The molecule has 2 saturated heterocycles. The van der Waals surface area contributed by atoms with Crippen molar-refractivity contribution < 1.29 is 23.9 Å². The second-order valence-corrected chi connectivity index (χ2v) is 12.1. The van der Waals surface area contributed by atoms with E-state index in [4.69, 9.17) is 4.74 Å². The highest BCUT2D eigenvalue weighted by molar-refractivity contribution is 7.17. The van der Waals surface area contributed by atoms with Crippen LogP contribution in [-0.4, -0.2) is 102 Å². The van der Waals surface area contributed by atoms with Crippen LogP contribution in [0.4, 0.5) is 5.13 Å². The van der Waals surface area contributed by atoms with E-state index in [1.807, 2.05) is 24.3 Å². The molecule has 0 radical (unpaired) electrons. The number of aromatic nitrogens is 1. The number of imide groups is 1. The normalized spacial score (nSPS) is 19.2. The summed E-state index contributed by atoms with van der Waals surface area (Å²) in [5.74, 6) is -0.795. The maximum absolute atomic E-state index is 13.4. The standard InChI is InChI=1S/C31H33N7O5S/c1-35-12-14-37(15-13-35)31-32-16-20(44-31)17-33-34-27(39)19-43-26-9-4-3-6-22(26)21-7-5-8-23-24(21)18-38(29(23)41)25-10-11-28(40)36(2)30(25)42/h3-9,16-17,25H,10-15,18-19H2,1-2H3,(H,34,39)/b33-17+. The number of amides is 4. The van der Waals surface area contributed by atoms with Crippen LogP contribution in [0.25, 0.3) is 11.1 Å². The number of fused-ring (bicyclic) bond motifs is 1. The van der Waals surface area contributed by atoms with Crippen LogP contribution in [0.5, 0.6) is 5.75 Å². The number of likely N-dealkylation sites (N-methyl/N-ethyl adjacent to an activating group) is 2. The zero-order chi connectivity index (χ0) is 30.8. The number of hydrogen-bond donors (Lipinski definition) is 1. The van der Waals surface area contributed by atoms with Crippen LogP contribution in [-0.2, 0) is 20.9 Å². The minimum atomic E-state index is -0.690. The number of carbonyl (C=O) groups is 4. The molecule has 0 spiro atoms. The van der Waals surface area contributed by atoms with E-state index in [0.29, 0.717) is 17.7 Å². The average Bonchev–Trinajstić information content (AvgIpc) is 3.64. The van der Waals surface area contributed by atoms with Crippen molar-refractivity contribution in [2.75, 3.05) is 51.8 Å². The van der Waals surface area contributed by atoms with Crippen molar-refractivity contribution in [2.24, 2.45) is 5.10 Å². The molecule has 1 N–H and O–H groups in total. The maximum Gasteiger partial charge on any atom is 0.277 e. The molecule has 0 aliphatic carbocycles. The minimum Gasteiger partial charge on any atom is -0.483 e. The Kier molecular flexibility index (Phi) is 8.40. The lowest BCUT2D eigenvalue weighted by molar-refractivity contribution is -0.150. The molecule has 1 atom stereocenters. The third kappa shape index (κ3) is 5.92. The van der Waals surface area contributed by atoms with Crippen LogP contribution in [0.15, 0.2) is 53.8 Å². The van der Waals surface area contributed by atoms with Gasteiger partial charge in [0.15, 0.2) is 11.7 Å². The SMILES string of the molecule is CN1CCN(c2ncc(/C=N/NC(=O)COc3ccccc3-c3cccc4c3CN(C3CCC(=O)N(C)C3=O)C4=O)s2)CC1. The molecule has 3 aromatic rings. The average molecular weight is 616 g/mol. The molecule has 0 bridgehead atoms. The molecule has 2 aromatic carbocycles. The van der Waals surface area contributed by atoms with Crippen molar-refractivity contribution in [3.8, 4) is 16.9 Å². The molecule has 4 heterocycles. The van der Waals surface area contributed by atoms with Gasteiger partial charge in [-0.2, -0.15) is 5.10 Å². The summed E-state index contributed by atoms with van der Waals surface area (Å²) in [6.45, 7) is 3.82. The third-order valence-corrected chi connectivity index (χ3v) is 9.19. The van der Waals surface area contributed by atoms with E-state index in [1.54, 1.807) is 35.5 Å². The molecule has 1 aromatic heterocycles. The lowest BCUT2D eigenvalue weighted by atomic mass is 9.96. The first-order chi connectivity index (χ1) is 21.3. The summed E-state index contributed by atoms with van der Waals surface area (Å²) >= 11 is 1.52. The molecule has 3 aliphatic rings. The van der Waals surface area contributed by atoms with Crippen LogP contribution >= 0.6 is 11.3 Å². The number of thiazole rings is 1. The lowest BCUT2D eigenvalue weighted by Gasteiger charge is -2.33. The number of hydrogen-bond acceptors (Lipinski definition) is 10. The van der Waals surface area contributed by atoms with Crippen molar-refractivity contribution in [2.45, 2.75) is 25.4 Å². The smallest absolute Gasteiger partial charge is 0.277 e. The predicted octanol–water partition coefficient (Wildman–Crippen LogP) is 2.19. The molecule has 4 amide bonds. The number of piperazine rings is 1. The number of anilines is 1. The largest absolute Gasteiger partial charge is 0.483 e. The second kappa shape index (κ2) is 12.5. The number of benzene rings is 2. The fraction of sp³-hybridized carbons (Fsp3) is 0.355. The first-order valence-corrected chi connectivity index (χ1v) is 15.3. The van der Waals surface area contributed by atoms with Crippen molar-refractivity contribution in [1.29, 1.82) is 0 Å². The van der Waals surface area contributed by atoms with Crippen LogP contribution in [0.3, 0.4) is 0 Å². The van der Waals surface area contributed by atoms with Gasteiger partial charge in [-0.15, -0.1) is 0 Å². The molecule has 0 saturated carbocycles. The highest BCUT2D eigenvalue weighted by Gasteiger charge is 2.42. The van der Waals surface area contributed by atoms with Crippen molar-refractivity contribution in [3.05, 3.63) is 64.7 Å². The predicted molar refractivity (Wildman–Crippen MR) is 166 cm³/mol. The van der Waals surface area contributed by atoms with Gasteiger partial charge in [0.25, 0.3) is 17.7 Å². The van der Waals surface area contributed by atoms with Crippen molar-refractivity contribution in [1.82, 2.24) is 25.1 Å². The molecule has 3 aliphatic heterocycles. The van der Waals surface area contributed by atoms with Crippen molar-refractivity contribution >= 4 is 46.3 Å². The summed E-state index contributed by atoms with van der Waals surface area (Å²) in [6, 6.07) is 12.0. The van der Waals surface area contributed by atoms with Gasteiger partial charge in [-0.25, -0.2) is 10.4 Å². The van der Waals surface area contributed by atoms with Gasteiger partial charge in [0, 0.05) is 63.5 Å². The van der Waals surface area contributed by atoms with E-state index in [-0.39, 0.29) is 37.3 Å². The van der Waals surface area contributed by atoms with Gasteiger partial charge in [-0.1, -0.05) is 41.7 Å². The summed E-state index contributed by atoms with van der Waals surface area (Å²) in [4.78, 5) is 63.3. The Hall–Kier alpha value is -4.62. The van der Waals surface area contributed by atoms with Crippen molar-refractivity contribution in [3.63, 3.8) is 0 Å². The fourth-order valence-corrected chi connectivity index (χ4v) is 6.52. The molecule has 44 heavy (non-hydrogen) atoms. The maximum atomic E-state index is 13.4. The molecular formula is C31H33N7O5S.